The number of nitrogens with zero attached hydrogens (tertiary/aromatic N) is 1. The van der Waals surface area contributed by atoms with E-state index in [2.05, 4.69) is 10.6 Å². The molecule has 2 aliphatic rings. The molecule has 3 aromatic rings. The topological polar surface area (TPSA) is 111 Å². The van der Waals surface area contributed by atoms with E-state index in [0.29, 0.717) is 35.1 Å². The molecule has 0 radical (unpaired) electrons. The standard InChI is InChI=1S/C27H27N3O5/c1-16(25(31)30-27(33)28-18-7-2-3-8-18)35-26(32)23-20-10-4-5-11-22(20)29-24-17(12-13-21(23)24)15-19-9-6-14-34-19/h4-6,9-11,14-16,18H,2-3,7-8,12-13H2,1H3,(H2,28,30,31,33)/b17-15-. The zero-order valence-corrected chi connectivity index (χ0v) is 19.5. The summed E-state index contributed by atoms with van der Waals surface area (Å²) in [5, 5.41) is 5.75. The van der Waals surface area contributed by atoms with Gasteiger partial charge in [-0.1, -0.05) is 31.0 Å². The highest BCUT2D eigenvalue weighted by molar-refractivity contribution is 6.08. The second-order valence-electron chi connectivity index (χ2n) is 9.01. The van der Waals surface area contributed by atoms with Gasteiger partial charge in [-0.3, -0.25) is 10.1 Å². The van der Waals surface area contributed by atoms with Gasteiger partial charge in [0.1, 0.15) is 5.76 Å². The van der Waals surface area contributed by atoms with Crippen molar-refractivity contribution in [1.82, 2.24) is 15.6 Å². The van der Waals surface area contributed by atoms with Crippen LogP contribution >= 0.6 is 0 Å². The first kappa shape index (κ1) is 22.8. The summed E-state index contributed by atoms with van der Waals surface area (Å²) in [5.41, 5.74) is 3.57. The van der Waals surface area contributed by atoms with Gasteiger partial charge in [-0.05, 0) is 68.0 Å². The van der Waals surface area contributed by atoms with Gasteiger partial charge in [0.2, 0.25) is 0 Å². The lowest BCUT2D eigenvalue weighted by atomic mass is 10.0. The van der Waals surface area contributed by atoms with Crippen molar-refractivity contribution in [3.8, 4) is 0 Å². The Hall–Kier alpha value is -3.94. The molecule has 0 spiro atoms. The number of aromatic nitrogens is 1. The normalized spacial score (nSPS) is 17.3. The number of rotatable bonds is 5. The highest BCUT2D eigenvalue weighted by Gasteiger charge is 2.30. The Labute approximate surface area is 202 Å². The molecule has 35 heavy (non-hydrogen) atoms. The summed E-state index contributed by atoms with van der Waals surface area (Å²) in [6.45, 7) is 1.46. The Bertz CT molecular complexity index is 1310. The number of amides is 3. The van der Waals surface area contributed by atoms with Crippen LogP contribution in [0, 0.1) is 0 Å². The first-order valence-corrected chi connectivity index (χ1v) is 12.0. The number of esters is 1. The predicted molar refractivity (Wildman–Crippen MR) is 130 cm³/mol. The lowest BCUT2D eigenvalue weighted by Gasteiger charge is -2.17. The van der Waals surface area contributed by atoms with Crippen LogP contribution in [0.2, 0.25) is 0 Å². The van der Waals surface area contributed by atoms with Gasteiger partial charge in [-0.25, -0.2) is 14.6 Å². The number of para-hydroxylation sites is 1. The molecular formula is C27H27N3O5. The molecule has 1 fully saturated rings. The van der Waals surface area contributed by atoms with E-state index in [1.165, 1.54) is 6.92 Å². The average Bonchev–Trinajstić information content (AvgIpc) is 3.61. The van der Waals surface area contributed by atoms with Crippen LogP contribution in [0.3, 0.4) is 0 Å². The second-order valence-corrected chi connectivity index (χ2v) is 9.01. The molecule has 2 heterocycles. The van der Waals surface area contributed by atoms with Crippen molar-refractivity contribution in [3.63, 3.8) is 0 Å². The number of imide groups is 1. The number of ether oxygens (including phenoxy) is 1. The van der Waals surface area contributed by atoms with Gasteiger partial charge in [0.05, 0.1) is 23.0 Å². The van der Waals surface area contributed by atoms with Crippen LogP contribution in [-0.4, -0.2) is 35.0 Å². The SMILES string of the molecule is CC(OC(=O)c1c2c(nc3ccccc13)/C(=C\c1ccco1)CC2)C(=O)NC(=O)NC1CCCC1. The second kappa shape index (κ2) is 9.74. The molecule has 8 nitrogen and oxygen atoms in total. The lowest BCUT2D eigenvalue weighted by molar-refractivity contribution is -0.127. The monoisotopic (exact) mass is 473 g/mol. The molecule has 8 heteroatoms. The zero-order valence-electron chi connectivity index (χ0n) is 19.5. The van der Waals surface area contributed by atoms with E-state index in [0.717, 1.165) is 42.5 Å². The van der Waals surface area contributed by atoms with Crippen molar-refractivity contribution < 1.29 is 23.5 Å². The Kier molecular flexibility index (Phi) is 6.35. The van der Waals surface area contributed by atoms with E-state index in [4.69, 9.17) is 14.1 Å². The quantitative estimate of drug-likeness (QED) is 0.523. The molecule has 3 amide bonds. The van der Waals surface area contributed by atoms with Crippen molar-refractivity contribution in [2.75, 3.05) is 0 Å². The molecule has 180 valence electrons. The third kappa shape index (κ3) is 4.82. The van der Waals surface area contributed by atoms with Crippen molar-refractivity contribution in [3.05, 3.63) is 65.2 Å². The number of furan rings is 1. The summed E-state index contributed by atoms with van der Waals surface area (Å²) in [6.07, 6.45) is 7.67. The number of fused-ring (bicyclic) bond motifs is 2. The molecule has 0 saturated heterocycles. The van der Waals surface area contributed by atoms with Crippen LogP contribution in [0.25, 0.3) is 22.6 Å². The van der Waals surface area contributed by atoms with Crippen LogP contribution in [-0.2, 0) is 16.0 Å². The number of urea groups is 1. The van der Waals surface area contributed by atoms with Gasteiger partial charge in [0.15, 0.2) is 6.10 Å². The van der Waals surface area contributed by atoms with E-state index < -0.39 is 24.0 Å². The number of pyridine rings is 1. The molecule has 1 atom stereocenters. The van der Waals surface area contributed by atoms with E-state index in [9.17, 15) is 14.4 Å². The number of hydrogen-bond acceptors (Lipinski definition) is 6. The third-order valence-electron chi connectivity index (χ3n) is 6.59. The smallest absolute Gasteiger partial charge is 0.339 e. The average molecular weight is 474 g/mol. The molecule has 2 N–H and O–H groups in total. The first-order valence-electron chi connectivity index (χ1n) is 12.0. The summed E-state index contributed by atoms with van der Waals surface area (Å²) < 4.78 is 11.0. The van der Waals surface area contributed by atoms with Gasteiger partial charge in [-0.15, -0.1) is 0 Å². The molecular weight excluding hydrogens is 446 g/mol. The van der Waals surface area contributed by atoms with Crippen LogP contribution in [0.5, 0.6) is 0 Å². The van der Waals surface area contributed by atoms with Crippen molar-refractivity contribution in [1.29, 1.82) is 0 Å². The zero-order chi connectivity index (χ0) is 24.4. The maximum absolute atomic E-state index is 13.4. The molecule has 1 saturated carbocycles. The summed E-state index contributed by atoms with van der Waals surface area (Å²) >= 11 is 0. The first-order chi connectivity index (χ1) is 17.0. The molecule has 1 unspecified atom stereocenters. The van der Waals surface area contributed by atoms with Crippen LogP contribution < -0.4 is 10.6 Å². The van der Waals surface area contributed by atoms with Crippen molar-refractivity contribution >= 4 is 40.5 Å². The van der Waals surface area contributed by atoms with Crippen LogP contribution in [0.4, 0.5) is 4.79 Å². The van der Waals surface area contributed by atoms with Crippen LogP contribution in [0.1, 0.15) is 66.4 Å². The number of carbonyl (C=O) groups excluding carboxylic acids is 3. The highest BCUT2D eigenvalue weighted by Crippen LogP contribution is 2.38. The lowest BCUT2D eigenvalue weighted by Crippen LogP contribution is -2.47. The summed E-state index contributed by atoms with van der Waals surface area (Å²) in [6, 6.07) is 10.6. The Morgan fingerprint density at radius 3 is 2.69 bits per heavy atom. The van der Waals surface area contributed by atoms with Gasteiger partial charge in [0, 0.05) is 11.4 Å². The van der Waals surface area contributed by atoms with Crippen LogP contribution in [0.15, 0.2) is 47.1 Å². The van der Waals surface area contributed by atoms with Gasteiger partial charge in [-0.2, -0.15) is 0 Å². The van der Waals surface area contributed by atoms with Gasteiger partial charge in [0.25, 0.3) is 5.91 Å². The molecule has 0 bridgehead atoms. The fraction of sp³-hybridized carbons (Fsp3) is 0.333. The molecule has 5 rings (SSSR count). The number of benzene rings is 1. The third-order valence-corrected chi connectivity index (χ3v) is 6.59. The summed E-state index contributed by atoms with van der Waals surface area (Å²) in [7, 11) is 0. The minimum absolute atomic E-state index is 0.0786. The number of hydrogen-bond donors (Lipinski definition) is 2. The number of allylic oxidation sites excluding steroid dienone is 1. The largest absolute Gasteiger partial charge is 0.465 e. The van der Waals surface area contributed by atoms with Gasteiger partial charge >= 0.3 is 12.0 Å². The fourth-order valence-corrected chi connectivity index (χ4v) is 4.84. The Morgan fingerprint density at radius 2 is 1.91 bits per heavy atom. The molecule has 2 aliphatic carbocycles. The molecule has 2 aromatic heterocycles. The minimum atomic E-state index is -1.14. The fourth-order valence-electron chi connectivity index (χ4n) is 4.84. The number of nitrogens with one attached hydrogen (secondary N) is 2. The Balaban J connectivity index is 1.37. The summed E-state index contributed by atoms with van der Waals surface area (Å²) in [4.78, 5) is 42.9. The maximum Gasteiger partial charge on any atom is 0.339 e. The van der Waals surface area contributed by atoms with Crippen molar-refractivity contribution in [2.24, 2.45) is 0 Å². The van der Waals surface area contributed by atoms with Gasteiger partial charge < -0.3 is 14.5 Å². The van der Waals surface area contributed by atoms with E-state index in [1.807, 2.05) is 42.5 Å². The maximum atomic E-state index is 13.4. The number of carbonyl (C=O) groups is 3. The Morgan fingerprint density at radius 1 is 1.11 bits per heavy atom. The predicted octanol–water partition coefficient (Wildman–Crippen LogP) is 4.63. The molecule has 0 aliphatic heterocycles. The highest BCUT2D eigenvalue weighted by atomic mass is 16.5. The van der Waals surface area contributed by atoms with E-state index in [1.54, 1.807) is 6.26 Å². The molecule has 1 aromatic carbocycles. The van der Waals surface area contributed by atoms with Crippen molar-refractivity contribution in [2.45, 2.75) is 57.6 Å². The minimum Gasteiger partial charge on any atom is -0.465 e. The van der Waals surface area contributed by atoms with E-state index >= 15 is 0 Å². The summed E-state index contributed by atoms with van der Waals surface area (Å²) in [5.74, 6) is -0.562. The van der Waals surface area contributed by atoms with E-state index in [-0.39, 0.29) is 6.04 Å².